The summed E-state index contributed by atoms with van der Waals surface area (Å²) < 4.78 is 5.57. The monoisotopic (exact) mass is 397 g/mol. The molecule has 3 rings (SSSR count). The average molecular weight is 398 g/mol. The number of carbonyl (C=O) groups excluding carboxylic acids is 2. The van der Waals surface area contributed by atoms with Crippen LogP contribution >= 0.6 is 0 Å². The molecule has 1 aromatic carbocycles. The number of carbonyl (C=O) groups is 2. The lowest BCUT2D eigenvalue weighted by Gasteiger charge is -2.36. The molecule has 2 fully saturated rings. The van der Waals surface area contributed by atoms with E-state index in [2.05, 4.69) is 37.8 Å². The predicted octanol–water partition coefficient (Wildman–Crippen LogP) is 4.99. The van der Waals surface area contributed by atoms with E-state index in [1.165, 1.54) is 30.4 Å². The smallest absolute Gasteiger partial charge is 0.328 e. The Kier molecular flexibility index (Phi) is 7.91. The summed E-state index contributed by atoms with van der Waals surface area (Å²) in [5.41, 5.74) is 3.20. The van der Waals surface area contributed by atoms with Crippen LogP contribution in [0.2, 0.25) is 0 Å². The summed E-state index contributed by atoms with van der Waals surface area (Å²) in [6.07, 6.45) is 9.97. The quantitative estimate of drug-likeness (QED) is 0.370. The van der Waals surface area contributed by atoms with Crippen molar-refractivity contribution >= 4 is 11.9 Å². The molecular weight excluding hydrogens is 362 g/mol. The zero-order chi connectivity index (χ0) is 20.6. The van der Waals surface area contributed by atoms with Crippen molar-refractivity contribution < 1.29 is 14.3 Å². The van der Waals surface area contributed by atoms with Crippen molar-refractivity contribution in [2.45, 2.75) is 77.2 Å². The summed E-state index contributed by atoms with van der Waals surface area (Å²) in [5.74, 6) is 0.000891. The number of hydrogen-bond donors (Lipinski definition) is 0. The Morgan fingerprint density at radius 1 is 1.03 bits per heavy atom. The molecule has 4 heteroatoms. The summed E-state index contributed by atoms with van der Waals surface area (Å²) in [7, 11) is 0. The summed E-state index contributed by atoms with van der Waals surface area (Å²) in [5, 5.41) is 0. The van der Waals surface area contributed by atoms with Gasteiger partial charge in [-0.15, -0.1) is 0 Å². The highest BCUT2D eigenvalue weighted by atomic mass is 16.5. The maximum atomic E-state index is 13.1. The van der Waals surface area contributed by atoms with Gasteiger partial charge in [0.25, 0.3) is 0 Å². The molecule has 1 amide bonds. The van der Waals surface area contributed by atoms with E-state index >= 15 is 0 Å². The van der Waals surface area contributed by atoms with Gasteiger partial charge in [-0.05, 0) is 63.4 Å². The number of piperidine rings is 1. The molecule has 1 saturated heterocycles. The van der Waals surface area contributed by atoms with E-state index in [9.17, 15) is 9.59 Å². The van der Waals surface area contributed by atoms with E-state index in [0.717, 1.165) is 38.5 Å². The number of amides is 1. The van der Waals surface area contributed by atoms with E-state index < -0.39 is 6.04 Å². The van der Waals surface area contributed by atoms with Crippen LogP contribution < -0.4 is 0 Å². The van der Waals surface area contributed by atoms with E-state index in [0.29, 0.717) is 25.1 Å². The van der Waals surface area contributed by atoms with Crippen LogP contribution in [0.25, 0.3) is 0 Å². The number of rotatable bonds is 7. The van der Waals surface area contributed by atoms with Crippen LogP contribution in [0, 0.1) is 12.8 Å². The Labute approximate surface area is 175 Å². The minimum Gasteiger partial charge on any atom is -0.464 e. The van der Waals surface area contributed by atoms with Gasteiger partial charge in [-0.25, -0.2) is 4.79 Å². The lowest BCUT2D eigenvalue weighted by Crippen LogP contribution is -2.49. The highest BCUT2D eigenvalue weighted by molar-refractivity contribution is 5.96. The summed E-state index contributed by atoms with van der Waals surface area (Å²) in [4.78, 5) is 27.5. The van der Waals surface area contributed by atoms with Gasteiger partial charge in [0.2, 0.25) is 5.91 Å². The first kappa shape index (κ1) is 21.6. The Hall–Kier alpha value is -2.10. The third-order valence-corrected chi connectivity index (χ3v) is 6.38. The Morgan fingerprint density at radius 2 is 1.72 bits per heavy atom. The zero-order valence-electron chi connectivity index (χ0n) is 17.8. The number of likely N-dealkylation sites (tertiary alicyclic amines) is 1. The highest BCUT2D eigenvalue weighted by Crippen LogP contribution is 2.31. The molecular formula is C25H35NO3. The molecule has 0 aromatic heterocycles. The van der Waals surface area contributed by atoms with Crippen LogP contribution in [-0.4, -0.2) is 36.0 Å². The SMILES string of the molecule is C=C(C(=O)N1CCCCC1C(=O)OCCCc1ccc(C)cc1)C1CCCCC1. The molecule has 158 valence electrons. The van der Waals surface area contributed by atoms with Crippen LogP contribution in [0.1, 0.15) is 68.9 Å². The van der Waals surface area contributed by atoms with Gasteiger partial charge in [0, 0.05) is 12.1 Å². The predicted molar refractivity (Wildman–Crippen MR) is 116 cm³/mol. The fourth-order valence-electron chi connectivity index (χ4n) is 4.53. The lowest BCUT2D eigenvalue weighted by molar-refractivity contribution is -0.156. The van der Waals surface area contributed by atoms with Crippen LogP contribution in [0.3, 0.4) is 0 Å². The van der Waals surface area contributed by atoms with Crippen molar-refractivity contribution in [3.8, 4) is 0 Å². The molecule has 0 radical (unpaired) electrons. The van der Waals surface area contributed by atoms with Crippen molar-refractivity contribution in [2.24, 2.45) is 5.92 Å². The van der Waals surface area contributed by atoms with E-state index in [1.54, 1.807) is 4.90 Å². The Morgan fingerprint density at radius 3 is 2.45 bits per heavy atom. The third kappa shape index (κ3) is 5.94. The van der Waals surface area contributed by atoms with Gasteiger partial charge in [0.1, 0.15) is 6.04 Å². The molecule has 1 heterocycles. The van der Waals surface area contributed by atoms with Gasteiger partial charge >= 0.3 is 5.97 Å². The minimum atomic E-state index is -0.448. The number of hydrogen-bond acceptors (Lipinski definition) is 3. The van der Waals surface area contributed by atoms with Gasteiger partial charge in [0.15, 0.2) is 0 Å². The second kappa shape index (κ2) is 10.6. The maximum Gasteiger partial charge on any atom is 0.328 e. The van der Waals surface area contributed by atoms with E-state index in [-0.39, 0.29) is 17.8 Å². The standard InChI is InChI=1S/C25H35NO3/c1-19-13-15-21(16-14-19)9-8-18-29-25(28)23-12-6-7-17-26(23)24(27)20(2)22-10-4-3-5-11-22/h13-16,22-23H,2-12,17-18H2,1H3. The molecule has 1 saturated carbocycles. The number of benzene rings is 1. The Bertz CT molecular complexity index is 703. The molecule has 0 bridgehead atoms. The van der Waals surface area contributed by atoms with Crippen molar-refractivity contribution in [3.63, 3.8) is 0 Å². The zero-order valence-corrected chi connectivity index (χ0v) is 17.8. The van der Waals surface area contributed by atoms with Crippen molar-refractivity contribution in [1.82, 2.24) is 4.90 Å². The lowest BCUT2D eigenvalue weighted by atomic mass is 9.83. The first-order valence-corrected chi connectivity index (χ1v) is 11.3. The van der Waals surface area contributed by atoms with Gasteiger partial charge in [-0.3, -0.25) is 4.79 Å². The van der Waals surface area contributed by atoms with Gasteiger partial charge in [-0.1, -0.05) is 55.7 Å². The molecule has 29 heavy (non-hydrogen) atoms. The highest BCUT2D eigenvalue weighted by Gasteiger charge is 2.35. The van der Waals surface area contributed by atoms with Crippen molar-refractivity contribution in [1.29, 1.82) is 0 Å². The fourth-order valence-corrected chi connectivity index (χ4v) is 4.53. The second-order valence-electron chi connectivity index (χ2n) is 8.63. The first-order valence-electron chi connectivity index (χ1n) is 11.3. The largest absolute Gasteiger partial charge is 0.464 e. The molecule has 1 unspecified atom stereocenters. The van der Waals surface area contributed by atoms with Gasteiger partial charge in [0.05, 0.1) is 6.61 Å². The summed E-state index contributed by atoms with van der Waals surface area (Å²) >= 11 is 0. The molecule has 1 aliphatic carbocycles. The Balaban J connectivity index is 1.49. The molecule has 0 N–H and O–H groups in total. The third-order valence-electron chi connectivity index (χ3n) is 6.38. The summed E-state index contributed by atoms with van der Waals surface area (Å²) in [6, 6.07) is 8.00. The normalized spacial score (nSPS) is 20.3. The van der Waals surface area contributed by atoms with E-state index in [1.807, 2.05) is 0 Å². The second-order valence-corrected chi connectivity index (χ2v) is 8.63. The maximum absolute atomic E-state index is 13.1. The van der Waals surface area contributed by atoms with Crippen LogP contribution in [-0.2, 0) is 20.7 Å². The number of esters is 1. The van der Waals surface area contributed by atoms with Gasteiger partial charge < -0.3 is 9.64 Å². The van der Waals surface area contributed by atoms with E-state index in [4.69, 9.17) is 4.74 Å². The number of aryl methyl sites for hydroxylation is 2. The number of ether oxygens (including phenoxy) is 1. The molecule has 2 aliphatic rings. The number of nitrogens with zero attached hydrogens (tertiary/aromatic N) is 1. The van der Waals surface area contributed by atoms with Gasteiger partial charge in [-0.2, -0.15) is 0 Å². The topological polar surface area (TPSA) is 46.6 Å². The van der Waals surface area contributed by atoms with Crippen LogP contribution in [0.4, 0.5) is 0 Å². The molecule has 4 nitrogen and oxygen atoms in total. The fraction of sp³-hybridized carbons (Fsp3) is 0.600. The molecule has 0 spiro atoms. The molecule has 1 atom stereocenters. The average Bonchev–Trinajstić information content (AvgIpc) is 2.77. The van der Waals surface area contributed by atoms with Crippen molar-refractivity contribution in [3.05, 3.63) is 47.5 Å². The molecule has 1 aromatic rings. The van der Waals surface area contributed by atoms with Crippen LogP contribution in [0.5, 0.6) is 0 Å². The van der Waals surface area contributed by atoms with Crippen LogP contribution in [0.15, 0.2) is 36.4 Å². The minimum absolute atomic E-state index is 0.0294. The molecule has 1 aliphatic heterocycles. The summed E-state index contributed by atoms with van der Waals surface area (Å²) in [6.45, 7) is 7.22. The first-order chi connectivity index (χ1) is 14.1. The van der Waals surface area contributed by atoms with Crippen molar-refractivity contribution in [2.75, 3.05) is 13.2 Å².